The van der Waals surface area contributed by atoms with Crippen LogP contribution in [0.4, 0.5) is 0 Å². The standard InChI is InChI=1S/C16H23N3O2/c1-12(2)9-18-16(21)11-19(3)10-15(20)14-6-4-13(8-17)5-7-14/h4-7,12,15,20H,9-11H2,1-3H3,(H,18,21). The van der Waals surface area contributed by atoms with Crippen LogP contribution in [0.3, 0.4) is 0 Å². The van der Waals surface area contributed by atoms with Crippen LogP contribution in [0, 0.1) is 17.2 Å². The molecule has 5 heteroatoms. The van der Waals surface area contributed by atoms with Crippen LogP contribution in [-0.2, 0) is 4.79 Å². The quantitative estimate of drug-likeness (QED) is 0.793. The predicted molar refractivity (Wildman–Crippen MR) is 81.5 cm³/mol. The lowest BCUT2D eigenvalue weighted by Gasteiger charge is -2.20. The van der Waals surface area contributed by atoms with Gasteiger partial charge in [0.1, 0.15) is 0 Å². The Morgan fingerprint density at radius 3 is 2.52 bits per heavy atom. The van der Waals surface area contributed by atoms with Gasteiger partial charge in [0, 0.05) is 13.1 Å². The Bertz CT molecular complexity index is 491. The number of nitrogens with one attached hydrogen (secondary N) is 1. The number of amides is 1. The lowest BCUT2D eigenvalue weighted by Crippen LogP contribution is -2.38. The van der Waals surface area contributed by atoms with Crippen molar-refractivity contribution in [3.63, 3.8) is 0 Å². The van der Waals surface area contributed by atoms with E-state index in [-0.39, 0.29) is 12.5 Å². The van der Waals surface area contributed by atoms with Crippen molar-refractivity contribution < 1.29 is 9.90 Å². The molecule has 0 spiro atoms. The van der Waals surface area contributed by atoms with Crippen molar-refractivity contribution in [2.75, 3.05) is 26.7 Å². The second-order valence-electron chi connectivity index (χ2n) is 5.64. The van der Waals surface area contributed by atoms with Crippen LogP contribution in [0.25, 0.3) is 0 Å². The van der Waals surface area contributed by atoms with E-state index in [0.29, 0.717) is 24.6 Å². The minimum atomic E-state index is -0.680. The van der Waals surface area contributed by atoms with E-state index in [4.69, 9.17) is 5.26 Å². The Morgan fingerprint density at radius 2 is 2.00 bits per heavy atom. The van der Waals surface area contributed by atoms with Crippen molar-refractivity contribution in [1.82, 2.24) is 10.2 Å². The Labute approximate surface area is 126 Å². The average molecular weight is 289 g/mol. The maximum atomic E-state index is 11.7. The molecule has 5 nitrogen and oxygen atoms in total. The fraction of sp³-hybridized carbons (Fsp3) is 0.500. The number of aliphatic hydroxyl groups excluding tert-OH is 1. The molecule has 0 radical (unpaired) electrons. The molecule has 0 bridgehead atoms. The van der Waals surface area contributed by atoms with Gasteiger partial charge >= 0.3 is 0 Å². The predicted octanol–water partition coefficient (Wildman–Crippen LogP) is 1.30. The van der Waals surface area contributed by atoms with Crippen LogP contribution in [0.5, 0.6) is 0 Å². The van der Waals surface area contributed by atoms with E-state index in [2.05, 4.69) is 5.32 Å². The normalized spacial score (nSPS) is 12.2. The van der Waals surface area contributed by atoms with E-state index in [9.17, 15) is 9.90 Å². The SMILES string of the molecule is CC(C)CNC(=O)CN(C)CC(O)c1ccc(C#N)cc1. The fourth-order valence-corrected chi connectivity index (χ4v) is 1.86. The Kier molecular flexibility index (Phi) is 6.86. The van der Waals surface area contributed by atoms with E-state index in [1.165, 1.54) is 0 Å². The first kappa shape index (κ1) is 17.2. The van der Waals surface area contributed by atoms with Gasteiger partial charge in [-0.05, 0) is 30.7 Å². The lowest BCUT2D eigenvalue weighted by molar-refractivity contribution is -0.122. The summed E-state index contributed by atoms with van der Waals surface area (Å²) in [6, 6.07) is 8.85. The van der Waals surface area contributed by atoms with Gasteiger partial charge in [0.25, 0.3) is 0 Å². The third-order valence-electron chi connectivity index (χ3n) is 3.03. The molecule has 1 amide bonds. The van der Waals surface area contributed by atoms with Gasteiger partial charge in [-0.2, -0.15) is 5.26 Å². The zero-order chi connectivity index (χ0) is 15.8. The van der Waals surface area contributed by atoms with E-state index < -0.39 is 6.10 Å². The van der Waals surface area contributed by atoms with Crippen LogP contribution < -0.4 is 5.32 Å². The number of aliphatic hydroxyl groups is 1. The van der Waals surface area contributed by atoms with Gasteiger partial charge < -0.3 is 10.4 Å². The lowest BCUT2D eigenvalue weighted by atomic mass is 10.1. The summed E-state index contributed by atoms with van der Waals surface area (Å²) in [5.74, 6) is 0.377. The first-order chi connectivity index (χ1) is 9.92. The highest BCUT2D eigenvalue weighted by Crippen LogP contribution is 2.14. The van der Waals surface area contributed by atoms with Gasteiger partial charge in [-0.15, -0.1) is 0 Å². The Balaban J connectivity index is 2.44. The summed E-state index contributed by atoms with van der Waals surface area (Å²) in [6.07, 6.45) is -0.680. The van der Waals surface area contributed by atoms with Crippen LogP contribution in [-0.4, -0.2) is 42.6 Å². The molecule has 0 fully saturated rings. The zero-order valence-electron chi connectivity index (χ0n) is 12.8. The van der Waals surface area contributed by atoms with Crippen molar-refractivity contribution in [2.24, 2.45) is 5.92 Å². The topological polar surface area (TPSA) is 76.4 Å². The highest BCUT2D eigenvalue weighted by molar-refractivity contribution is 5.77. The third kappa shape index (κ3) is 6.39. The summed E-state index contributed by atoms with van der Waals surface area (Å²) in [4.78, 5) is 13.5. The molecule has 0 saturated heterocycles. The smallest absolute Gasteiger partial charge is 0.234 e. The molecule has 0 saturated carbocycles. The molecular weight excluding hydrogens is 266 g/mol. The molecule has 1 aromatic carbocycles. The molecule has 1 aromatic rings. The van der Waals surface area contributed by atoms with E-state index in [0.717, 1.165) is 5.56 Å². The molecule has 0 aliphatic rings. The van der Waals surface area contributed by atoms with Gasteiger partial charge in [0.15, 0.2) is 0 Å². The molecule has 1 rings (SSSR count). The summed E-state index contributed by atoms with van der Waals surface area (Å²) in [7, 11) is 1.79. The maximum absolute atomic E-state index is 11.7. The fourth-order valence-electron chi connectivity index (χ4n) is 1.86. The Hall–Kier alpha value is -1.90. The summed E-state index contributed by atoms with van der Waals surface area (Å²) in [5, 5.41) is 21.7. The molecular formula is C16H23N3O2. The minimum absolute atomic E-state index is 0.0433. The highest BCUT2D eigenvalue weighted by atomic mass is 16.3. The van der Waals surface area contributed by atoms with Crippen LogP contribution >= 0.6 is 0 Å². The van der Waals surface area contributed by atoms with Gasteiger partial charge in [0.05, 0.1) is 24.3 Å². The van der Waals surface area contributed by atoms with E-state index in [1.807, 2.05) is 19.9 Å². The highest BCUT2D eigenvalue weighted by Gasteiger charge is 2.13. The van der Waals surface area contributed by atoms with Crippen molar-refractivity contribution in [1.29, 1.82) is 5.26 Å². The Morgan fingerprint density at radius 1 is 1.38 bits per heavy atom. The number of rotatable bonds is 7. The second-order valence-corrected chi connectivity index (χ2v) is 5.64. The van der Waals surface area contributed by atoms with Crippen molar-refractivity contribution in [3.05, 3.63) is 35.4 Å². The number of benzene rings is 1. The monoisotopic (exact) mass is 289 g/mol. The largest absolute Gasteiger partial charge is 0.387 e. The molecule has 0 aliphatic carbocycles. The van der Waals surface area contributed by atoms with Crippen LogP contribution in [0.2, 0.25) is 0 Å². The average Bonchev–Trinajstić information content (AvgIpc) is 2.45. The number of carbonyl (C=O) groups is 1. The summed E-state index contributed by atoms with van der Waals surface area (Å²) in [5.41, 5.74) is 1.30. The molecule has 0 heterocycles. The first-order valence-corrected chi connectivity index (χ1v) is 7.05. The maximum Gasteiger partial charge on any atom is 0.234 e. The van der Waals surface area contributed by atoms with Gasteiger partial charge in [0.2, 0.25) is 5.91 Å². The van der Waals surface area contributed by atoms with Crippen LogP contribution in [0.15, 0.2) is 24.3 Å². The third-order valence-corrected chi connectivity index (χ3v) is 3.03. The van der Waals surface area contributed by atoms with E-state index >= 15 is 0 Å². The minimum Gasteiger partial charge on any atom is -0.387 e. The first-order valence-electron chi connectivity index (χ1n) is 7.05. The molecule has 21 heavy (non-hydrogen) atoms. The molecule has 2 N–H and O–H groups in total. The van der Waals surface area contributed by atoms with Crippen molar-refractivity contribution >= 4 is 5.91 Å². The number of hydrogen-bond acceptors (Lipinski definition) is 4. The summed E-state index contributed by atoms with van der Waals surface area (Å²) < 4.78 is 0. The molecule has 0 aliphatic heterocycles. The molecule has 1 atom stereocenters. The zero-order valence-corrected chi connectivity index (χ0v) is 12.8. The number of nitrogens with zero attached hydrogens (tertiary/aromatic N) is 2. The number of likely N-dealkylation sites (N-methyl/N-ethyl adjacent to an activating group) is 1. The number of nitriles is 1. The van der Waals surface area contributed by atoms with Gasteiger partial charge in [-0.1, -0.05) is 26.0 Å². The van der Waals surface area contributed by atoms with Crippen molar-refractivity contribution in [3.8, 4) is 6.07 Å². The summed E-state index contributed by atoms with van der Waals surface area (Å²) in [6.45, 7) is 5.35. The molecule has 114 valence electrons. The van der Waals surface area contributed by atoms with Crippen LogP contribution in [0.1, 0.15) is 31.1 Å². The molecule has 1 unspecified atom stereocenters. The van der Waals surface area contributed by atoms with Gasteiger partial charge in [-0.3, -0.25) is 9.69 Å². The van der Waals surface area contributed by atoms with Crippen molar-refractivity contribution in [2.45, 2.75) is 20.0 Å². The summed E-state index contributed by atoms with van der Waals surface area (Å²) >= 11 is 0. The number of carbonyl (C=O) groups excluding carboxylic acids is 1. The number of hydrogen-bond donors (Lipinski definition) is 2. The molecule has 0 aromatic heterocycles. The second kappa shape index (κ2) is 8.40. The van der Waals surface area contributed by atoms with Gasteiger partial charge in [-0.25, -0.2) is 0 Å². The van der Waals surface area contributed by atoms with E-state index in [1.54, 1.807) is 36.2 Å².